The molecule has 1 N–H and O–H groups in total. The highest BCUT2D eigenvalue weighted by atomic mass is 32.1. The molecular formula is C16H29N3S. The molecule has 1 aromatic rings. The van der Waals surface area contributed by atoms with E-state index in [4.69, 9.17) is 4.98 Å². The largest absolute Gasteiger partial charge is 0.309 e. The molecule has 1 aliphatic rings. The summed E-state index contributed by atoms with van der Waals surface area (Å²) in [6.07, 6.45) is 1.17. The van der Waals surface area contributed by atoms with E-state index in [1.165, 1.54) is 17.1 Å². The van der Waals surface area contributed by atoms with Crippen LogP contribution in [-0.4, -0.2) is 34.6 Å². The summed E-state index contributed by atoms with van der Waals surface area (Å²) in [5, 5.41) is 7.16. The van der Waals surface area contributed by atoms with E-state index in [-0.39, 0.29) is 11.0 Å². The molecule has 0 aliphatic carbocycles. The van der Waals surface area contributed by atoms with Crippen molar-refractivity contribution in [3.05, 3.63) is 16.1 Å². The maximum Gasteiger partial charge on any atom is 0.107 e. The molecule has 2 heterocycles. The molecule has 2 atom stereocenters. The van der Waals surface area contributed by atoms with Gasteiger partial charge in [-0.15, -0.1) is 11.3 Å². The molecule has 4 heteroatoms. The number of hydrogen-bond donors (Lipinski definition) is 1. The van der Waals surface area contributed by atoms with Gasteiger partial charge in [0.1, 0.15) is 5.01 Å². The molecule has 20 heavy (non-hydrogen) atoms. The molecule has 0 aromatic carbocycles. The van der Waals surface area contributed by atoms with E-state index < -0.39 is 0 Å². The van der Waals surface area contributed by atoms with Crippen molar-refractivity contribution < 1.29 is 0 Å². The Morgan fingerprint density at radius 1 is 1.50 bits per heavy atom. The minimum atomic E-state index is 0.155. The molecule has 1 fully saturated rings. The van der Waals surface area contributed by atoms with Crippen LogP contribution in [0.15, 0.2) is 5.38 Å². The molecule has 0 saturated carbocycles. The summed E-state index contributed by atoms with van der Waals surface area (Å²) >= 11 is 1.81. The van der Waals surface area contributed by atoms with Crippen LogP contribution < -0.4 is 5.32 Å². The summed E-state index contributed by atoms with van der Waals surface area (Å²) in [4.78, 5) is 7.41. The maximum absolute atomic E-state index is 4.84. The Morgan fingerprint density at radius 3 is 2.75 bits per heavy atom. The highest BCUT2D eigenvalue weighted by Gasteiger charge is 2.33. The summed E-state index contributed by atoms with van der Waals surface area (Å²) in [5.41, 5.74) is 1.62. The monoisotopic (exact) mass is 295 g/mol. The highest BCUT2D eigenvalue weighted by Crippen LogP contribution is 2.26. The van der Waals surface area contributed by atoms with E-state index in [2.05, 4.69) is 57.1 Å². The fourth-order valence-electron chi connectivity index (χ4n) is 2.53. The summed E-state index contributed by atoms with van der Waals surface area (Å²) in [5.74, 6) is 0. The lowest BCUT2D eigenvalue weighted by Crippen LogP contribution is -2.61. The molecule has 0 amide bonds. The van der Waals surface area contributed by atoms with Crippen LogP contribution >= 0.6 is 11.3 Å². The first kappa shape index (κ1) is 15.9. The topological polar surface area (TPSA) is 28.2 Å². The Labute approximate surface area is 127 Å². The van der Waals surface area contributed by atoms with Gasteiger partial charge in [-0.1, -0.05) is 27.7 Å². The second-order valence-corrected chi connectivity index (χ2v) is 8.37. The van der Waals surface area contributed by atoms with Crippen molar-refractivity contribution in [2.75, 3.05) is 13.1 Å². The first-order chi connectivity index (χ1) is 9.23. The number of thiazole rings is 1. The number of piperazine rings is 1. The molecule has 0 spiro atoms. The van der Waals surface area contributed by atoms with E-state index in [1.54, 1.807) is 11.3 Å². The molecule has 0 bridgehead atoms. The van der Waals surface area contributed by atoms with Gasteiger partial charge in [0, 0.05) is 35.5 Å². The SMILES string of the molecule is CCC1(C)CN(Cc2nc(C(C)(C)C)cs2)C(C)CN1. The first-order valence-corrected chi connectivity index (χ1v) is 8.55. The second-order valence-electron chi connectivity index (χ2n) is 7.43. The zero-order chi connectivity index (χ0) is 15.0. The number of rotatable bonds is 3. The van der Waals surface area contributed by atoms with E-state index in [0.29, 0.717) is 6.04 Å². The van der Waals surface area contributed by atoms with Crippen LogP contribution in [0, 0.1) is 0 Å². The Balaban J connectivity index is 2.06. The van der Waals surface area contributed by atoms with Crippen molar-refractivity contribution >= 4 is 11.3 Å². The van der Waals surface area contributed by atoms with Gasteiger partial charge in [0.05, 0.1) is 12.2 Å². The van der Waals surface area contributed by atoms with Crippen LogP contribution in [0.5, 0.6) is 0 Å². The minimum absolute atomic E-state index is 0.155. The van der Waals surface area contributed by atoms with Crippen LogP contribution in [0.4, 0.5) is 0 Å². The zero-order valence-electron chi connectivity index (χ0n) is 13.8. The summed E-state index contributed by atoms with van der Waals surface area (Å²) < 4.78 is 0. The first-order valence-electron chi connectivity index (χ1n) is 7.67. The van der Waals surface area contributed by atoms with Gasteiger partial charge in [-0.3, -0.25) is 4.90 Å². The van der Waals surface area contributed by atoms with Crippen LogP contribution in [0.2, 0.25) is 0 Å². The van der Waals surface area contributed by atoms with Gasteiger partial charge in [-0.05, 0) is 20.3 Å². The third-order valence-corrected chi connectivity index (χ3v) is 5.27. The lowest BCUT2D eigenvalue weighted by molar-refractivity contribution is 0.0864. The molecule has 0 radical (unpaired) electrons. The molecule has 3 nitrogen and oxygen atoms in total. The lowest BCUT2D eigenvalue weighted by Gasteiger charge is -2.44. The number of hydrogen-bond acceptors (Lipinski definition) is 4. The molecule has 1 aromatic heterocycles. The average Bonchev–Trinajstić information content (AvgIpc) is 2.83. The summed E-state index contributed by atoms with van der Waals surface area (Å²) in [6.45, 7) is 16.8. The highest BCUT2D eigenvalue weighted by molar-refractivity contribution is 7.09. The van der Waals surface area contributed by atoms with Gasteiger partial charge in [0.2, 0.25) is 0 Å². The Kier molecular flexibility index (Phi) is 4.57. The molecule has 2 unspecified atom stereocenters. The third kappa shape index (κ3) is 3.60. The third-order valence-electron chi connectivity index (χ3n) is 4.44. The predicted molar refractivity (Wildman–Crippen MR) is 87.4 cm³/mol. The smallest absolute Gasteiger partial charge is 0.107 e. The Hall–Kier alpha value is -0.450. The van der Waals surface area contributed by atoms with E-state index in [1.807, 2.05) is 0 Å². The minimum Gasteiger partial charge on any atom is -0.309 e. The van der Waals surface area contributed by atoms with Crippen LogP contribution in [0.3, 0.4) is 0 Å². The molecule has 114 valence electrons. The molecule has 2 rings (SSSR count). The van der Waals surface area contributed by atoms with Crippen molar-refractivity contribution in [1.29, 1.82) is 0 Å². The van der Waals surface area contributed by atoms with E-state index >= 15 is 0 Å². The number of aromatic nitrogens is 1. The van der Waals surface area contributed by atoms with Crippen molar-refractivity contribution in [2.45, 2.75) is 71.5 Å². The molecule has 1 saturated heterocycles. The standard InChI is InChI=1S/C16H29N3S/c1-7-16(6)11-19(12(2)8-17-16)9-14-18-13(10-20-14)15(3,4)5/h10,12,17H,7-9,11H2,1-6H3. The lowest BCUT2D eigenvalue weighted by atomic mass is 9.93. The van der Waals surface area contributed by atoms with Crippen LogP contribution in [-0.2, 0) is 12.0 Å². The summed E-state index contributed by atoms with van der Waals surface area (Å²) in [6, 6.07) is 0.580. The normalized spacial score (nSPS) is 28.8. The van der Waals surface area contributed by atoms with Gasteiger partial charge in [-0.2, -0.15) is 0 Å². The Morgan fingerprint density at radius 2 is 2.20 bits per heavy atom. The van der Waals surface area contributed by atoms with Crippen molar-refractivity contribution in [2.24, 2.45) is 0 Å². The van der Waals surface area contributed by atoms with Crippen molar-refractivity contribution in [3.8, 4) is 0 Å². The Bertz CT molecular complexity index is 449. The van der Waals surface area contributed by atoms with Crippen LogP contribution in [0.1, 0.15) is 58.7 Å². The predicted octanol–water partition coefficient (Wildman–Crippen LogP) is 3.40. The van der Waals surface area contributed by atoms with Gasteiger partial charge in [-0.25, -0.2) is 4.98 Å². The maximum atomic E-state index is 4.84. The number of nitrogens with zero attached hydrogens (tertiary/aromatic N) is 2. The molecule has 1 aliphatic heterocycles. The second kappa shape index (κ2) is 5.74. The van der Waals surface area contributed by atoms with E-state index in [9.17, 15) is 0 Å². The van der Waals surface area contributed by atoms with Crippen LogP contribution in [0.25, 0.3) is 0 Å². The number of nitrogens with one attached hydrogen (secondary N) is 1. The fourth-order valence-corrected chi connectivity index (χ4v) is 3.58. The van der Waals surface area contributed by atoms with Crippen molar-refractivity contribution in [1.82, 2.24) is 15.2 Å². The van der Waals surface area contributed by atoms with E-state index in [0.717, 1.165) is 19.6 Å². The molecular weight excluding hydrogens is 266 g/mol. The fraction of sp³-hybridized carbons (Fsp3) is 0.812. The quantitative estimate of drug-likeness (QED) is 0.926. The average molecular weight is 295 g/mol. The van der Waals surface area contributed by atoms with Gasteiger partial charge < -0.3 is 5.32 Å². The van der Waals surface area contributed by atoms with Gasteiger partial charge in [0.25, 0.3) is 0 Å². The van der Waals surface area contributed by atoms with Gasteiger partial charge in [0.15, 0.2) is 0 Å². The summed E-state index contributed by atoms with van der Waals surface area (Å²) in [7, 11) is 0. The van der Waals surface area contributed by atoms with Gasteiger partial charge >= 0.3 is 0 Å². The van der Waals surface area contributed by atoms with Crippen molar-refractivity contribution in [3.63, 3.8) is 0 Å². The zero-order valence-corrected chi connectivity index (χ0v) is 14.6.